The van der Waals surface area contributed by atoms with Crippen LogP contribution in [-0.2, 0) is 4.79 Å². The summed E-state index contributed by atoms with van der Waals surface area (Å²) >= 11 is 13.3. The van der Waals surface area contributed by atoms with E-state index >= 15 is 0 Å². The lowest BCUT2D eigenvalue weighted by atomic mass is 10.2. The Balaban J connectivity index is 2.16. The van der Waals surface area contributed by atoms with Gasteiger partial charge in [-0.3, -0.25) is 10.1 Å². The molecule has 1 amide bonds. The van der Waals surface area contributed by atoms with Gasteiger partial charge in [-0.15, -0.1) is 11.3 Å². The molecular formula is C13H10Cl2N2O2S. The Hall–Kier alpha value is -1.56. The zero-order valence-corrected chi connectivity index (χ0v) is 12.7. The Morgan fingerprint density at radius 3 is 2.90 bits per heavy atom. The second kappa shape index (κ2) is 6.74. The van der Waals surface area contributed by atoms with Gasteiger partial charge >= 0.3 is 0 Å². The van der Waals surface area contributed by atoms with Crippen LogP contribution >= 0.6 is 34.5 Å². The predicted molar refractivity (Wildman–Crippen MR) is 82.8 cm³/mol. The fraction of sp³-hybridized carbons (Fsp3) is 0.0769. The van der Waals surface area contributed by atoms with Crippen LogP contribution in [0.3, 0.4) is 0 Å². The van der Waals surface area contributed by atoms with E-state index in [-0.39, 0.29) is 5.91 Å². The molecule has 20 heavy (non-hydrogen) atoms. The quantitative estimate of drug-likeness (QED) is 0.859. The maximum absolute atomic E-state index is 11.7. The molecule has 0 aliphatic carbocycles. The van der Waals surface area contributed by atoms with Gasteiger partial charge in [-0.05, 0) is 18.2 Å². The van der Waals surface area contributed by atoms with Crippen molar-refractivity contribution < 1.29 is 9.53 Å². The lowest BCUT2D eigenvalue weighted by Crippen LogP contribution is -2.07. The van der Waals surface area contributed by atoms with Crippen LogP contribution in [0.2, 0.25) is 10.0 Å². The number of benzene rings is 1. The number of hydrogen-bond acceptors (Lipinski definition) is 4. The maximum atomic E-state index is 11.7. The molecule has 0 unspecified atom stereocenters. The van der Waals surface area contributed by atoms with Crippen molar-refractivity contribution in [2.45, 2.75) is 0 Å². The molecule has 1 aromatic heterocycles. The lowest BCUT2D eigenvalue weighted by Gasteiger charge is -2.07. The second-order valence-corrected chi connectivity index (χ2v) is 5.41. The van der Waals surface area contributed by atoms with E-state index in [1.54, 1.807) is 29.8 Å². The number of amides is 1. The first-order valence-electron chi connectivity index (χ1n) is 5.51. The van der Waals surface area contributed by atoms with Crippen LogP contribution in [0.1, 0.15) is 5.56 Å². The van der Waals surface area contributed by atoms with Gasteiger partial charge in [0.05, 0.1) is 12.1 Å². The van der Waals surface area contributed by atoms with Gasteiger partial charge in [0.2, 0.25) is 5.91 Å². The van der Waals surface area contributed by atoms with Gasteiger partial charge in [0.1, 0.15) is 5.75 Å². The Kier molecular flexibility index (Phi) is 5.00. The van der Waals surface area contributed by atoms with Crippen LogP contribution in [0.4, 0.5) is 5.13 Å². The van der Waals surface area contributed by atoms with Crippen molar-refractivity contribution in [2.75, 3.05) is 12.4 Å². The molecule has 4 nitrogen and oxygen atoms in total. The first-order valence-corrected chi connectivity index (χ1v) is 7.15. The molecule has 2 aromatic rings. The van der Waals surface area contributed by atoms with Crippen LogP contribution < -0.4 is 10.1 Å². The third-order valence-corrected chi connectivity index (χ3v) is 3.51. The number of carbonyl (C=O) groups is 1. The monoisotopic (exact) mass is 328 g/mol. The number of nitrogens with zero attached hydrogens (tertiary/aromatic N) is 1. The lowest BCUT2D eigenvalue weighted by molar-refractivity contribution is -0.111. The molecule has 0 radical (unpaired) electrons. The molecule has 0 saturated carbocycles. The number of ether oxygens (including phenoxy) is 1. The smallest absolute Gasteiger partial charge is 0.250 e. The van der Waals surface area contributed by atoms with Crippen molar-refractivity contribution in [1.29, 1.82) is 0 Å². The van der Waals surface area contributed by atoms with E-state index in [0.717, 1.165) is 0 Å². The number of aromatic nitrogens is 1. The van der Waals surface area contributed by atoms with Gasteiger partial charge in [0, 0.05) is 28.2 Å². The molecule has 104 valence electrons. The van der Waals surface area contributed by atoms with Crippen molar-refractivity contribution in [3.05, 3.63) is 45.4 Å². The van der Waals surface area contributed by atoms with Crippen molar-refractivity contribution >= 4 is 51.7 Å². The highest BCUT2D eigenvalue weighted by atomic mass is 35.5. The number of thiazole rings is 1. The summed E-state index contributed by atoms with van der Waals surface area (Å²) in [5.74, 6) is 0.174. The Labute approximate surface area is 130 Å². The molecule has 0 atom stereocenters. The highest BCUT2D eigenvalue weighted by Gasteiger charge is 2.08. The fourth-order valence-electron chi connectivity index (χ4n) is 1.52. The van der Waals surface area contributed by atoms with Crippen LogP contribution in [0.25, 0.3) is 6.08 Å². The van der Waals surface area contributed by atoms with E-state index in [4.69, 9.17) is 27.9 Å². The molecule has 1 heterocycles. The number of hydrogen-bond donors (Lipinski definition) is 1. The molecule has 1 N–H and O–H groups in total. The average molecular weight is 329 g/mol. The number of methoxy groups -OCH3 is 1. The van der Waals surface area contributed by atoms with E-state index < -0.39 is 0 Å². The van der Waals surface area contributed by atoms with Crippen molar-refractivity contribution in [3.63, 3.8) is 0 Å². The summed E-state index contributed by atoms with van der Waals surface area (Å²) in [5, 5.41) is 5.81. The van der Waals surface area contributed by atoms with Crippen LogP contribution in [-0.4, -0.2) is 18.0 Å². The highest BCUT2D eigenvalue weighted by Crippen LogP contribution is 2.32. The summed E-state index contributed by atoms with van der Waals surface area (Å²) in [7, 11) is 1.50. The third-order valence-electron chi connectivity index (χ3n) is 2.32. The van der Waals surface area contributed by atoms with Crippen LogP contribution in [0, 0.1) is 0 Å². The van der Waals surface area contributed by atoms with Crippen LogP contribution in [0.5, 0.6) is 5.75 Å². The summed E-state index contributed by atoms with van der Waals surface area (Å²) in [6.45, 7) is 0. The van der Waals surface area contributed by atoms with Crippen LogP contribution in [0.15, 0.2) is 29.8 Å². The third kappa shape index (κ3) is 3.72. The molecule has 7 heteroatoms. The average Bonchev–Trinajstić information content (AvgIpc) is 2.88. The van der Waals surface area contributed by atoms with Gasteiger partial charge in [-0.2, -0.15) is 0 Å². The van der Waals surface area contributed by atoms with Gasteiger partial charge < -0.3 is 4.74 Å². The van der Waals surface area contributed by atoms with E-state index in [0.29, 0.717) is 26.5 Å². The van der Waals surface area contributed by atoms with Gasteiger partial charge in [-0.1, -0.05) is 23.2 Å². The SMILES string of the molecule is COc1c(Cl)cc(Cl)cc1C=CC(=O)Nc1nccs1. The number of nitrogens with one attached hydrogen (secondary N) is 1. The van der Waals surface area contributed by atoms with Gasteiger partial charge in [0.25, 0.3) is 0 Å². The van der Waals surface area contributed by atoms with Gasteiger partial charge in [-0.25, -0.2) is 4.98 Å². The normalized spacial score (nSPS) is 10.8. The summed E-state index contributed by atoms with van der Waals surface area (Å²) in [5.41, 5.74) is 0.624. The molecule has 0 spiro atoms. The molecule has 2 rings (SSSR count). The molecular weight excluding hydrogens is 319 g/mol. The topological polar surface area (TPSA) is 51.2 Å². The minimum absolute atomic E-state index is 0.293. The predicted octanol–water partition coefficient (Wildman–Crippen LogP) is 4.11. The van der Waals surface area contributed by atoms with Crippen molar-refractivity contribution in [1.82, 2.24) is 4.98 Å². The van der Waals surface area contributed by atoms with E-state index in [1.807, 2.05) is 0 Å². The molecule has 0 aliphatic heterocycles. The summed E-state index contributed by atoms with van der Waals surface area (Å²) in [4.78, 5) is 15.7. The zero-order chi connectivity index (χ0) is 14.5. The number of carbonyl (C=O) groups excluding carboxylic acids is 1. The maximum Gasteiger partial charge on any atom is 0.250 e. The molecule has 0 fully saturated rings. The number of rotatable bonds is 4. The van der Waals surface area contributed by atoms with E-state index in [2.05, 4.69) is 10.3 Å². The standard InChI is InChI=1S/C13H10Cl2N2O2S/c1-19-12-8(6-9(14)7-10(12)15)2-3-11(18)17-13-16-4-5-20-13/h2-7H,1H3,(H,16,17,18). The fourth-order valence-corrected chi connectivity index (χ4v) is 2.64. The summed E-state index contributed by atoms with van der Waals surface area (Å²) in [6, 6.07) is 3.24. The largest absolute Gasteiger partial charge is 0.495 e. The second-order valence-electron chi connectivity index (χ2n) is 3.67. The first kappa shape index (κ1) is 14.8. The highest BCUT2D eigenvalue weighted by molar-refractivity contribution is 7.13. The van der Waals surface area contributed by atoms with E-state index in [1.165, 1.54) is 24.5 Å². The zero-order valence-electron chi connectivity index (χ0n) is 10.4. The Morgan fingerprint density at radius 2 is 2.25 bits per heavy atom. The first-order chi connectivity index (χ1) is 9.60. The summed E-state index contributed by atoms with van der Waals surface area (Å²) < 4.78 is 5.19. The van der Waals surface area contributed by atoms with Gasteiger partial charge in [0.15, 0.2) is 5.13 Å². The molecule has 1 aromatic carbocycles. The van der Waals surface area contributed by atoms with Crippen molar-refractivity contribution in [3.8, 4) is 5.75 Å². The number of anilines is 1. The minimum atomic E-state index is -0.293. The Bertz CT molecular complexity index is 642. The van der Waals surface area contributed by atoms with Crippen molar-refractivity contribution in [2.24, 2.45) is 0 Å². The summed E-state index contributed by atoms with van der Waals surface area (Å²) in [6.07, 6.45) is 4.56. The number of halogens is 2. The van der Waals surface area contributed by atoms with E-state index in [9.17, 15) is 4.79 Å². The minimum Gasteiger partial charge on any atom is -0.495 e. The molecule has 0 bridgehead atoms. The molecule has 0 saturated heterocycles. The Morgan fingerprint density at radius 1 is 1.45 bits per heavy atom. The molecule has 0 aliphatic rings.